The lowest BCUT2D eigenvalue weighted by Crippen LogP contribution is -2.55. The van der Waals surface area contributed by atoms with Crippen molar-refractivity contribution in [2.24, 2.45) is 0 Å². The van der Waals surface area contributed by atoms with Gasteiger partial charge in [-0.05, 0) is 0 Å². The van der Waals surface area contributed by atoms with E-state index >= 15 is 0 Å². The van der Waals surface area contributed by atoms with Gasteiger partial charge in [0.25, 0.3) is 0 Å². The maximum Gasteiger partial charge on any atom is 0.183 e. The minimum absolute atomic E-state index is 0.196. The normalized spacial score (nSPS) is 40.6. The van der Waals surface area contributed by atoms with Gasteiger partial charge in [0.1, 0.15) is 18.3 Å². The predicted molar refractivity (Wildman–Crippen MR) is 44.3 cm³/mol. The Labute approximate surface area is 77.5 Å². The van der Waals surface area contributed by atoms with E-state index in [0.29, 0.717) is 6.61 Å². The Bertz CT molecular complexity index is 151. The summed E-state index contributed by atoms with van der Waals surface area (Å²) in [5.41, 5.74) is 0. The fourth-order valence-electron chi connectivity index (χ4n) is 1.50. The highest BCUT2D eigenvalue weighted by molar-refractivity contribution is 4.85. The summed E-state index contributed by atoms with van der Waals surface area (Å²) in [6.07, 6.45) is -1.93. The quantitative estimate of drug-likeness (QED) is 0.646. The zero-order valence-corrected chi connectivity index (χ0v) is 8.10. The van der Waals surface area contributed by atoms with Gasteiger partial charge in [-0.1, -0.05) is 0 Å². The van der Waals surface area contributed by atoms with Crippen molar-refractivity contribution in [1.29, 1.82) is 0 Å². The molecule has 0 unspecified atom stereocenters. The van der Waals surface area contributed by atoms with Gasteiger partial charge in [-0.3, -0.25) is 0 Å². The van der Waals surface area contributed by atoms with E-state index < -0.39 is 12.4 Å². The lowest BCUT2D eigenvalue weighted by atomic mass is 10.1. The highest BCUT2D eigenvalue weighted by atomic mass is 16.7. The van der Waals surface area contributed by atoms with E-state index in [9.17, 15) is 5.11 Å². The second-order valence-electron chi connectivity index (χ2n) is 2.90. The third-order valence-corrected chi connectivity index (χ3v) is 2.25. The maximum absolute atomic E-state index is 9.40. The molecular formula is C8H16O5. The summed E-state index contributed by atoms with van der Waals surface area (Å²) in [7, 11) is 4.63. The first-order valence-electron chi connectivity index (χ1n) is 4.12. The van der Waals surface area contributed by atoms with Crippen LogP contribution in [0.15, 0.2) is 0 Å². The van der Waals surface area contributed by atoms with E-state index in [0.717, 1.165) is 0 Å². The molecule has 0 bridgehead atoms. The van der Waals surface area contributed by atoms with E-state index in [1.807, 2.05) is 0 Å². The topological polar surface area (TPSA) is 57.2 Å². The van der Waals surface area contributed by atoms with Gasteiger partial charge >= 0.3 is 0 Å². The Morgan fingerprint density at radius 1 is 1.08 bits per heavy atom. The van der Waals surface area contributed by atoms with E-state index in [1.54, 1.807) is 14.2 Å². The molecule has 0 aromatic carbocycles. The van der Waals surface area contributed by atoms with Gasteiger partial charge in [0.15, 0.2) is 6.29 Å². The van der Waals surface area contributed by atoms with Crippen LogP contribution in [0.3, 0.4) is 0 Å². The number of rotatable bonds is 3. The van der Waals surface area contributed by atoms with Crippen molar-refractivity contribution in [1.82, 2.24) is 0 Å². The Balaban J connectivity index is 2.64. The molecule has 13 heavy (non-hydrogen) atoms. The van der Waals surface area contributed by atoms with Gasteiger partial charge in [0.05, 0.1) is 6.61 Å². The summed E-state index contributed by atoms with van der Waals surface area (Å²) in [6, 6.07) is 0. The highest BCUT2D eigenvalue weighted by Gasteiger charge is 2.40. The molecule has 1 N–H and O–H groups in total. The van der Waals surface area contributed by atoms with Crippen molar-refractivity contribution >= 4 is 0 Å². The molecular weight excluding hydrogens is 176 g/mol. The minimum Gasteiger partial charge on any atom is -0.376 e. The first kappa shape index (κ1) is 10.9. The van der Waals surface area contributed by atoms with E-state index in [4.69, 9.17) is 18.9 Å². The number of hydrogen-bond acceptors (Lipinski definition) is 5. The molecule has 0 radical (unpaired) electrons. The number of methoxy groups -OCH3 is 3. The van der Waals surface area contributed by atoms with Gasteiger partial charge in [-0.15, -0.1) is 0 Å². The number of hydrogen-bond donors (Lipinski definition) is 1. The first-order valence-corrected chi connectivity index (χ1v) is 4.12. The van der Waals surface area contributed by atoms with E-state index in [-0.39, 0.29) is 12.2 Å². The molecule has 1 rings (SSSR count). The summed E-state index contributed by atoms with van der Waals surface area (Å²) in [5, 5.41) is 9.40. The molecule has 1 fully saturated rings. The Morgan fingerprint density at radius 3 is 2.15 bits per heavy atom. The SMILES string of the molecule is CO[C@@H]1[C@@H](OC)[C@H](OC)CO[C@H]1O. The second-order valence-corrected chi connectivity index (χ2v) is 2.90. The average molecular weight is 192 g/mol. The predicted octanol–water partition coefficient (Wildman–Crippen LogP) is -0.620. The molecule has 1 saturated heterocycles. The maximum atomic E-state index is 9.40. The van der Waals surface area contributed by atoms with Crippen LogP contribution in [0.4, 0.5) is 0 Å². The standard InChI is InChI=1S/C8H16O5/c1-10-5-4-13-8(9)7(12-3)6(5)11-2/h5-9H,4H2,1-3H3/t5-,6+,7-,8-/m1/s1. The molecule has 0 aromatic rings. The van der Waals surface area contributed by atoms with Crippen LogP contribution >= 0.6 is 0 Å². The highest BCUT2D eigenvalue weighted by Crippen LogP contribution is 2.20. The Morgan fingerprint density at radius 2 is 1.69 bits per heavy atom. The van der Waals surface area contributed by atoms with E-state index in [2.05, 4.69) is 0 Å². The van der Waals surface area contributed by atoms with Crippen molar-refractivity contribution < 1.29 is 24.1 Å². The largest absolute Gasteiger partial charge is 0.376 e. The van der Waals surface area contributed by atoms with Gasteiger partial charge in [0, 0.05) is 21.3 Å². The molecule has 0 spiro atoms. The average Bonchev–Trinajstić information content (AvgIpc) is 2.17. The van der Waals surface area contributed by atoms with Crippen LogP contribution in [0.2, 0.25) is 0 Å². The van der Waals surface area contributed by atoms with Crippen LogP contribution in [0.25, 0.3) is 0 Å². The summed E-state index contributed by atoms with van der Waals surface area (Å²) in [4.78, 5) is 0. The smallest absolute Gasteiger partial charge is 0.183 e. The molecule has 5 nitrogen and oxygen atoms in total. The van der Waals surface area contributed by atoms with Crippen LogP contribution in [0, 0.1) is 0 Å². The summed E-state index contributed by atoms with van der Waals surface area (Å²) < 4.78 is 20.4. The van der Waals surface area contributed by atoms with Gasteiger partial charge in [-0.25, -0.2) is 0 Å². The first-order chi connectivity index (χ1) is 6.24. The van der Waals surface area contributed by atoms with Gasteiger partial charge in [0.2, 0.25) is 0 Å². The lowest BCUT2D eigenvalue weighted by Gasteiger charge is -2.38. The zero-order chi connectivity index (χ0) is 9.84. The van der Waals surface area contributed by atoms with Crippen LogP contribution < -0.4 is 0 Å². The second kappa shape index (κ2) is 4.88. The van der Waals surface area contributed by atoms with Crippen LogP contribution in [-0.2, 0) is 18.9 Å². The van der Waals surface area contributed by atoms with Gasteiger partial charge < -0.3 is 24.1 Å². The summed E-state index contributed by atoms with van der Waals surface area (Å²) in [5.74, 6) is 0. The van der Waals surface area contributed by atoms with Crippen molar-refractivity contribution in [3.05, 3.63) is 0 Å². The van der Waals surface area contributed by atoms with Gasteiger partial charge in [-0.2, -0.15) is 0 Å². The third kappa shape index (κ3) is 2.18. The summed E-state index contributed by atoms with van der Waals surface area (Å²) >= 11 is 0. The molecule has 5 heteroatoms. The molecule has 0 saturated carbocycles. The molecule has 1 aliphatic heterocycles. The molecule has 4 atom stereocenters. The number of aliphatic hydroxyl groups excluding tert-OH is 1. The third-order valence-electron chi connectivity index (χ3n) is 2.25. The fraction of sp³-hybridized carbons (Fsp3) is 1.00. The molecule has 1 aliphatic rings. The minimum atomic E-state index is -0.943. The zero-order valence-electron chi connectivity index (χ0n) is 8.10. The number of aliphatic hydroxyl groups is 1. The Kier molecular flexibility index (Phi) is 4.08. The van der Waals surface area contributed by atoms with Crippen molar-refractivity contribution in [2.45, 2.75) is 24.6 Å². The molecule has 1 heterocycles. The van der Waals surface area contributed by atoms with Crippen LogP contribution in [0.5, 0.6) is 0 Å². The Hall–Kier alpha value is -0.200. The fourth-order valence-corrected chi connectivity index (χ4v) is 1.50. The van der Waals surface area contributed by atoms with Crippen LogP contribution in [-0.4, -0.2) is 57.6 Å². The van der Waals surface area contributed by atoms with Crippen molar-refractivity contribution in [2.75, 3.05) is 27.9 Å². The molecule has 0 amide bonds. The van der Waals surface area contributed by atoms with Crippen molar-refractivity contribution in [3.63, 3.8) is 0 Å². The molecule has 0 aliphatic carbocycles. The monoisotopic (exact) mass is 192 g/mol. The lowest BCUT2D eigenvalue weighted by molar-refractivity contribution is -0.267. The van der Waals surface area contributed by atoms with Crippen LogP contribution in [0.1, 0.15) is 0 Å². The van der Waals surface area contributed by atoms with Crippen molar-refractivity contribution in [3.8, 4) is 0 Å². The molecule has 78 valence electrons. The van der Waals surface area contributed by atoms with E-state index in [1.165, 1.54) is 7.11 Å². The number of ether oxygens (including phenoxy) is 4. The molecule has 0 aromatic heterocycles. The summed E-state index contributed by atoms with van der Waals surface area (Å²) in [6.45, 7) is 0.316.